The molecule has 3 heterocycles. The van der Waals surface area contributed by atoms with E-state index in [0.29, 0.717) is 13.0 Å². The normalized spacial score (nSPS) is 17.9. The number of ether oxygens (including phenoxy) is 1. The molecule has 2 aliphatic heterocycles. The molecule has 35 heavy (non-hydrogen) atoms. The van der Waals surface area contributed by atoms with Gasteiger partial charge in [0, 0.05) is 37.1 Å². The van der Waals surface area contributed by atoms with E-state index in [9.17, 15) is 4.79 Å². The van der Waals surface area contributed by atoms with Gasteiger partial charge in [0.05, 0.1) is 31.4 Å². The van der Waals surface area contributed by atoms with Crippen molar-refractivity contribution in [2.45, 2.75) is 31.8 Å². The molecule has 1 aromatic heterocycles. The van der Waals surface area contributed by atoms with E-state index in [0.717, 1.165) is 62.2 Å². The van der Waals surface area contributed by atoms with Crippen LogP contribution < -0.4 is 5.32 Å². The lowest BCUT2D eigenvalue weighted by Crippen LogP contribution is -2.37. The van der Waals surface area contributed by atoms with Crippen LogP contribution in [0.15, 0.2) is 60.0 Å². The molecule has 0 saturated carbocycles. The Bertz CT molecular complexity index is 1070. The Kier molecular flexibility index (Phi) is 8.21. The first-order valence-electron chi connectivity index (χ1n) is 12.6. The van der Waals surface area contributed by atoms with E-state index in [1.54, 1.807) is 11.3 Å². The Balaban J connectivity index is 1.15. The molecular formula is C28H34N4O2S. The van der Waals surface area contributed by atoms with Crippen LogP contribution in [-0.2, 0) is 22.5 Å². The number of carbonyl (C=O) groups excluding carboxylic acids is 1. The second-order valence-corrected chi connectivity index (χ2v) is 10.2. The van der Waals surface area contributed by atoms with Gasteiger partial charge < -0.3 is 10.1 Å². The maximum absolute atomic E-state index is 12.8. The summed E-state index contributed by atoms with van der Waals surface area (Å²) in [6.45, 7) is 7.38. The van der Waals surface area contributed by atoms with Crippen LogP contribution >= 0.6 is 11.3 Å². The Morgan fingerprint density at radius 3 is 2.49 bits per heavy atom. The summed E-state index contributed by atoms with van der Waals surface area (Å²) < 4.78 is 5.44. The molecule has 184 valence electrons. The second kappa shape index (κ2) is 11.9. The molecule has 2 saturated heterocycles. The number of aromatic nitrogens is 1. The number of nitrogens with zero attached hydrogens (tertiary/aromatic N) is 3. The first-order chi connectivity index (χ1) is 17.2. The van der Waals surface area contributed by atoms with Gasteiger partial charge in [0.1, 0.15) is 5.01 Å². The van der Waals surface area contributed by atoms with Gasteiger partial charge in [-0.3, -0.25) is 14.6 Å². The van der Waals surface area contributed by atoms with Crippen molar-refractivity contribution in [3.05, 3.63) is 76.8 Å². The molecule has 6 nitrogen and oxygen atoms in total. The average molecular weight is 491 g/mol. The van der Waals surface area contributed by atoms with Crippen LogP contribution in [0, 0.1) is 0 Å². The third-order valence-corrected chi connectivity index (χ3v) is 7.80. The zero-order valence-corrected chi connectivity index (χ0v) is 21.0. The van der Waals surface area contributed by atoms with Crippen molar-refractivity contribution in [2.24, 2.45) is 0 Å². The maximum Gasteiger partial charge on any atom is 0.226 e. The highest BCUT2D eigenvalue weighted by atomic mass is 32.1. The van der Waals surface area contributed by atoms with E-state index < -0.39 is 0 Å². The van der Waals surface area contributed by atoms with E-state index in [2.05, 4.69) is 63.6 Å². The molecule has 2 fully saturated rings. The quantitative estimate of drug-likeness (QED) is 0.489. The van der Waals surface area contributed by atoms with Gasteiger partial charge >= 0.3 is 0 Å². The fourth-order valence-electron chi connectivity index (χ4n) is 4.91. The van der Waals surface area contributed by atoms with Crippen LogP contribution in [0.5, 0.6) is 0 Å². The molecule has 2 aromatic carbocycles. The first-order valence-corrected chi connectivity index (χ1v) is 13.5. The lowest BCUT2D eigenvalue weighted by molar-refractivity contribution is -0.120. The van der Waals surface area contributed by atoms with Crippen molar-refractivity contribution in [1.29, 1.82) is 0 Å². The molecule has 3 aromatic rings. The first kappa shape index (κ1) is 24.1. The predicted molar refractivity (Wildman–Crippen MR) is 140 cm³/mol. The summed E-state index contributed by atoms with van der Waals surface area (Å²) in [7, 11) is 0. The largest absolute Gasteiger partial charge is 0.379 e. The molecule has 0 spiro atoms. The van der Waals surface area contributed by atoms with Crippen molar-refractivity contribution in [1.82, 2.24) is 20.1 Å². The second-order valence-electron chi connectivity index (χ2n) is 9.38. The lowest BCUT2D eigenvalue weighted by atomic mass is 10.1. The molecule has 1 unspecified atom stereocenters. The molecule has 2 aliphatic rings. The maximum atomic E-state index is 12.8. The molecule has 5 rings (SSSR count). The Morgan fingerprint density at radius 1 is 1.00 bits per heavy atom. The zero-order chi connectivity index (χ0) is 23.9. The summed E-state index contributed by atoms with van der Waals surface area (Å²) in [5.74, 6) is 0.0304. The van der Waals surface area contributed by atoms with E-state index in [1.807, 2.05) is 11.4 Å². The number of hydrogen-bond donors (Lipinski definition) is 1. The molecule has 7 heteroatoms. The minimum absolute atomic E-state index is 0.0304. The molecule has 1 N–H and O–H groups in total. The van der Waals surface area contributed by atoms with Gasteiger partial charge in [-0.2, -0.15) is 0 Å². The van der Waals surface area contributed by atoms with E-state index >= 15 is 0 Å². The monoisotopic (exact) mass is 490 g/mol. The molecule has 1 atom stereocenters. The minimum Gasteiger partial charge on any atom is -0.379 e. The number of carbonyl (C=O) groups is 1. The number of rotatable bonds is 9. The van der Waals surface area contributed by atoms with Crippen LogP contribution in [0.2, 0.25) is 0 Å². The summed E-state index contributed by atoms with van der Waals surface area (Å²) in [6.07, 6.45) is 2.77. The fraction of sp³-hybridized carbons (Fsp3) is 0.429. The molecule has 0 aliphatic carbocycles. The van der Waals surface area contributed by atoms with Crippen molar-refractivity contribution in [3.63, 3.8) is 0 Å². The van der Waals surface area contributed by atoms with Gasteiger partial charge in [-0.1, -0.05) is 54.6 Å². The lowest BCUT2D eigenvalue weighted by Gasteiger charge is -2.28. The van der Waals surface area contributed by atoms with Crippen molar-refractivity contribution < 1.29 is 9.53 Å². The minimum atomic E-state index is 0.0304. The number of amides is 1. The molecule has 0 bridgehead atoms. The van der Waals surface area contributed by atoms with Crippen LogP contribution in [-0.4, -0.2) is 66.6 Å². The smallest absolute Gasteiger partial charge is 0.226 e. The fourth-order valence-corrected chi connectivity index (χ4v) is 5.74. The number of nitrogens with one attached hydrogen (secondary N) is 1. The van der Waals surface area contributed by atoms with Crippen LogP contribution in [0.25, 0.3) is 10.6 Å². The topological polar surface area (TPSA) is 57.7 Å². The van der Waals surface area contributed by atoms with Gasteiger partial charge in [-0.05, 0) is 37.1 Å². The van der Waals surface area contributed by atoms with Crippen molar-refractivity contribution in [2.75, 3.05) is 45.9 Å². The number of morpholine rings is 1. The zero-order valence-electron chi connectivity index (χ0n) is 20.2. The molecular weight excluding hydrogens is 456 g/mol. The van der Waals surface area contributed by atoms with Crippen molar-refractivity contribution >= 4 is 17.2 Å². The standard InChI is InChI=1S/C28H34N4O2S/c33-27(29-19-26(32-12-4-5-13-32)23-6-2-1-3-7-23)18-25-21-35-28(30-25)24-10-8-22(9-11-24)20-31-14-16-34-17-15-31/h1-3,6-11,21,26H,4-5,12-20H2,(H,29,33). The molecule has 0 radical (unpaired) electrons. The third-order valence-electron chi connectivity index (χ3n) is 6.86. The SMILES string of the molecule is O=C(Cc1csc(-c2ccc(CN3CCOCC3)cc2)n1)NCC(c1ccccc1)N1CCCC1. The van der Waals surface area contributed by atoms with Gasteiger partial charge in [0.2, 0.25) is 5.91 Å². The summed E-state index contributed by atoms with van der Waals surface area (Å²) in [5, 5.41) is 6.14. The Morgan fingerprint density at radius 2 is 1.74 bits per heavy atom. The van der Waals surface area contributed by atoms with Gasteiger partial charge in [0.25, 0.3) is 0 Å². The van der Waals surface area contributed by atoms with Crippen LogP contribution in [0.4, 0.5) is 0 Å². The Hall–Kier alpha value is -2.58. The average Bonchev–Trinajstić information content (AvgIpc) is 3.59. The summed E-state index contributed by atoms with van der Waals surface area (Å²) in [4.78, 5) is 22.4. The van der Waals surface area contributed by atoms with Crippen molar-refractivity contribution in [3.8, 4) is 10.6 Å². The summed E-state index contributed by atoms with van der Waals surface area (Å²) >= 11 is 1.60. The summed E-state index contributed by atoms with van der Waals surface area (Å²) in [6, 6.07) is 19.4. The molecule has 1 amide bonds. The number of benzene rings is 2. The highest BCUT2D eigenvalue weighted by Gasteiger charge is 2.24. The van der Waals surface area contributed by atoms with E-state index in [1.165, 1.54) is 24.0 Å². The predicted octanol–water partition coefficient (Wildman–Crippen LogP) is 4.14. The van der Waals surface area contributed by atoms with Crippen LogP contribution in [0.3, 0.4) is 0 Å². The van der Waals surface area contributed by atoms with E-state index in [-0.39, 0.29) is 11.9 Å². The third kappa shape index (κ3) is 6.55. The van der Waals surface area contributed by atoms with Crippen LogP contribution in [0.1, 0.15) is 35.7 Å². The number of likely N-dealkylation sites (tertiary alicyclic amines) is 1. The summed E-state index contributed by atoms with van der Waals surface area (Å²) in [5.41, 5.74) is 4.50. The van der Waals surface area contributed by atoms with E-state index in [4.69, 9.17) is 9.72 Å². The Labute approximate surface area is 211 Å². The van der Waals surface area contributed by atoms with Gasteiger partial charge in [-0.15, -0.1) is 11.3 Å². The van der Waals surface area contributed by atoms with Gasteiger partial charge in [-0.25, -0.2) is 4.98 Å². The van der Waals surface area contributed by atoms with Gasteiger partial charge in [0.15, 0.2) is 0 Å². The highest BCUT2D eigenvalue weighted by Crippen LogP contribution is 2.26. The number of thiazole rings is 1. The number of hydrogen-bond acceptors (Lipinski definition) is 6. The highest BCUT2D eigenvalue weighted by molar-refractivity contribution is 7.13.